The Morgan fingerprint density at radius 1 is 0.619 bits per heavy atom. The Bertz CT molecular complexity index is 381. The van der Waals surface area contributed by atoms with E-state index in [-0.39, 0.29) is 13.2 Å². The summed E-state index contributed by atoms with van der Waals surface area (Å²) >= 11 is 0. The van der Waals surface area contributed by atoms with Crippen LogP contribution in [0.15, 0.2) is 60.7 Å². The van der Waals surface area contributed by atoms with Crippen molar-refractivity contribution in [2.75, 3.05) is 26.3 Å². The minimum Gasteiger partial charge on any atom is -0.508 e. The molecule has 0 saturated heterocycles. The molecule has 0 fully saturated rings. The maximum atomic E-state index is 8.63. The van der Waals surface area contributed by atoms with Crippen LogP contribution in [0.2, 0.25) is 0 Å². The SMILES string of the molecule is OCCNCCO.Oc1ccccc1.Oc1ccccc1. The van der Waals surface area contributed by atoms with Gasteiger partial charge in [-0.05, 0) is 24.3 Å². The van der Waals surface area contributed by atoms with Crippen LogP contribution in [0, 0.1) is 0 Å². The van der Waals surface area contributed by atoms with E-state index in [1.807, 2.05) is 12.1 Å². The Hall–Kier alpha value is -2.08. The Morgan fingerprint density at radius 2 is 0.952 bits per heavy atom. The van der Waals surface area contributed by atoms with Crippen LogP contribution in [0.4, 0.5) is 0 Å². The Kier molecular flexibility index (Phi) is 12.9. The highest BCUT2D eigenvalue weighted by Gasteiger charge is 1.78. The summed E-state index contributed by atoms with van der Waals surface area (Å²) in [6.45, 7) is 1.42. The highest BCUT2D eigenvalue weighted by molar-refractivity contribution is 5.19. The number of aliphatic hydroxyl groups excluding tert-OH is 2. The van der Waals surface area contributed by atoms with Crippen molar-refractivity contribution < 1.29 is 20.4 Å². The third-order valence-electron chi connectivity index (χ3n) is 2.09. The van der Waals surface area contributed by atoms with Gasteiger partial charge in [-0.1, -0.05) is 36.4 Å². The minimum absolute atomic E-state index is 0.139. The van der Waals surface area contributed by atoms with Gasteiger partial charge in [-0.15, -0.1) is 0 Å². The van der Waals surface area contributed by atoms with Crippen molar-refractivity contribution in [3.05, 3.63) is 60.7 Å². The number of rotatable bonds is 4. The summed E-state index contributed by atoms with van der Waals surface area (Å²) < 4.78 is 0. The summed E-state index contributed by atoms with van der Waals surface area (Å²) in [4.78, 5) is 0. The maximum Gasteiger partial charge on any atom is 0.115 e. The number of aliphatic hydroxyl groups is 2. The molecule has 0 atom stereocenters. The third kappa shape index (κ3) is 14.1. The van der Waals surface area contributed by atoms with Crippen LogP contribution in [-0.4, -0.2) is 46.7 Å². The number of para-hydroxylation sites is 2. The van der Waals surface area contributed by atoms with Crippen molar-refractivity contribution in [1.29, 1.82) is 0 Å². The first-order valence-electron chi connectivity index (χ1n) is 6.61. The van der Waals surface area contributed by atoms with Crippen molar-refractivity contribution in [3.8, 4) is 11.5 Å². The number of aromatic hydroxyl groups is 2. The van der Waals surface area contributed by atoms with Crippen molar-refractivity contribution in [3.63, 3.8) is 0 Å². The second kappa shape index (κ2) is 14.3. The molecule has 0 bridgehead atoms. The van der Waals surface area contributed by atoms with Crippen LogP contribution >= 0.6 is 0 Å². The molecule has 0 amide bonds. The first kappa shape index (κ1) is 18.9. The van der Waals surface area contributed by atoms with Crippen molar-refractivity contribution >= 4 is 0 Å². The Balaban J connectivity index is 0.000000286. The van der Waals surface area contributed by atoms with Gasteiger partial charge < -0.3 is 25.7 Å². The van der Waals surface area contributed by atoms with E-state index in [4.69, 9.17) is 20.4 Å². The lowest BCUT2D eigenvalue weighted by Gasteiger charge is -1.94. The lowest BCUT2D eigenvalue weighted by atomic mass is 10.3. The van der Waals surface area contributed by atoms with Crippen LogP contribution < -0.4 is 5.32 Å². The summed E-state index contributed by atoms with van der Waals surface area (Å²) in [5.41, 5.74) is 0. The van der Waals surface area contributed by atoms with E-state index in [0.29, 0.717) is 24.6 Å². The first-order chi connectivity index (χ1) is 10.2. The molecule has 0 radical (unpaired) electrons. The van der Waals surface area contributed by atoms with Crippen LogP contribution in [0.1, 0.15) is 0 Å². The molecule has 0 aliphatic carbocycles. The molecule has 0 aliphatic heterocycles. The predicted molar refractivity (Wildman–Crippen MR) is 83.3 cm³/mol. The summed E-state index contributed by atoms with van der Waals surface area (Å²) in [6, 6.07) is 17.4. The van der Waals surface area contributed by atoms with Crippen LogP contribution in [0.5, 0.6) is 11.5 Å². The lowest BCUT2D eigenvalue weighted by Crippen LogP contribution is -2.21. The molecule has 2 rings (SSSR count). The van der Waals surface area contributed by atoms with Gasteiger partial charge in [0, 0.05) is 13.1 Å². The van der Waals surface area contributed by atoms with Gasteiger partial charge >= 0.3 is 0 Å². The van der Waals surface area contributed by atoms with Gasteiger partial charge in [-0.2, -0.15) is 0 Å². The van der Waals surface area contributed by atoms with E-state index in [0.717, 1.165) is 0 Å². The highest BCUT2D eigenvalue weighted by Crippen LogP contribution is 2.03. The topological polar surface area (TPSA) is 93.0 Å². The summed E-state index contributed by atoms with van der Waals surface area (Å²) in [6.07, 6.45) is 0. The lowest BCUT2D eigenvalue weighted by molar-refractivity contribution is 0.266. The van der Waals surface area contributed by atoms with Crippen LogP contribution in [0.25, 0.3) is 0 Å². The van der Waals surface area contributed by atoms with E-state index >= 15 is 0 Å². The van der Waals surface area contributed by atoms with Crippen molar-refractivity contribution in [1.82, 2.24) is 5.32 Å². The zero-order chi connectivity index (χ0) is 15.8. The van der Waals surface area contributed by atoms with Gasteiger partial charge in [-0.3, -0.25) is 0 Å². The standard InChI is InChI=1S/2C6H6O.C4H11NO2/c2*7-6-4-2-1-3-5-6;6-3-1-5-2-4-7/h2*1-5,7H;5-7H,1-4H2. The van der Waals surface area contributed by atoms with Gasteiger partial charge in [0.25, 0.3) is 0 Å². The quantitative estimate of drug-likeness (QED) is 0.549. The molecule has 21 heavy (non-hydrogen) atoms. The number of nitrogens with one attached hydrogen (secondary N) is 1. The van der Waals surface area contributed by atoms with E-state index in [1.165, 1.54) is 0 Å². The molecular weight excluding hydrogens is 270 g/mol. The average molecular weight is 293 g/mol. The average Bonchev–Trinajstić information content (AvgIpc) is 2.51. The van der Waals surface area contributed by atoms with Gasteiger partial charge in [0.15, 0.2) is 0 Å². The largest absolute Gasteiger partial charge is 0.508 e. The van der Waals surface area contributed by atoms with Crippen LogP contribution in [-0.2, 0) is 0 Å². The van der Waals surface area contributed by atoms with Gasteiger partial charge in [-0.25, -0.2) is 0 Å². The smallest absolute Gasteiger partial charge is 0.115 e. The summed E-state index contributed by atoms with van der Waals surface area (Å²) in [5, 5.41) is 36.3. The van der Waals surface area contributed by atoms with Crippen molar-refractivity contribution in [2.24, 2.45) is 0 Å². The number of benzene rings is 2. The highest BCUT2D eigenvalue weighted by atomic mass is 16.3. The molecule has 0 saturated carbocycles. The van der Waals surface area contributed by atoms with E-state index < -0.39 is 0 Å². The Labute approximate surface area is 125 Å². The Morgan fingerprint density at radius 3 is 1.14 bits per heavy atom. The number of phenols is 2. The first-order valence-corrected chi connectivity index (χ1v) is 6.61. The monoisotopic (exact) mass is 293 g/mol. The molecule has 0 spiro atoms. The zero-order valence-electron chi connectivity index (χ0n) is 11.9. The zero-order valence-corrected chi connectivity index (χ0v) is 11.9. The summed E-state index contributed by atoms with van der Waals surface area (Å²) in [7, 11) is 0. The fraction of sp³-hybridized carbons (Fsp3) is 0.250. The van der Waals surface area contributed by atoms with Crippen LogP contribution in [0.3, 0.4) is 0 Å². The molecule has 0 aromatic heterocycles. The van der Waals surface area contributed by atoms with Gasteiger partial charge in [0.1, 0.15) is 11.5 Å². The van der Waals surface area contributed by atoms with E-state index in [9.17, 15) is 0 Å². The molecule has 5 N–H and O–H groups in total. The second-order valence-electron chi connectivity index (χ2n) is 3.87. The number of hydrogen-bond acceptors (Lipinski definition) is 5. The van der Waals surface area contributed by atoms with E-state index in [1.54, 1.807) is 48.5 Å². The molecule has 0 heterocycles. The van der Waals surface area contributed by atoms with Crippen molar-refractivity contribution in [2.45, 2.75) is 0 Å². The molecular formula is C16H23NO4. The molecule has 5 heteroatoms. The number of hydrogen-bond donors (Lipinski definition) is 5. The van der Waals surface area contributed by atoms with E-state index in [2.05, 4.69) is 5.32 Å². The minimum atomic E-state index is 0.139. The number of phenolic OH excluding ortho intramolecular Hbond substituents is 2. The maximum absolute atomic E-state index is 8.63. The molecule has 5 nitrogen and oxygen atoms in total. The van der Waals surface area contributed by atoms with Gasteiger partial charge in [0.2, 0.25) is 0 Å². The third-order valence-corrected chi connectivity index (χ3v) is 2.09. The molecule has 116 valence electrons. The fourth-order valence-corrected chi connectivity index (χ4v) is 1.14. The molecule has 2 aromatic rings. The predicted octanol–water partition coefficient (Wildman–Crippen LogP) is 1.34. The molecule has 2 aromatic carbocycles. The molecule has 0 unspecified atom stereocenters. The van der Waals surface area contributed by atoms with Gasteiger partial charge in [0.05, 0.1) is 13.2 Å². The summed E-state index contributed by atoms with van der Waals surface area (Å²) in [5.74, 6) is 0.644. The molecule has 0 aliphatic rings. The second-order valence-corrected chi connectivity index (χ2v) is 3.87. The normalized spacial score (nSPS) is 8.86. The fourth-order valence-electron chi connectivity index (χ4n) is 1.14.